The van der Waals surface area contributed by atoms with Crippen molar-refractivity contribution in [1.82, 2.24) is 29.8 Å². The molecule has 35 heavy (non-hydrogen) atoms. The topological polar surface area (TPSA) is 96.7 Å². The lowest BCUT2D eigenvalue weighted by Crippen LogP contribution is -2.16. The number of nitrogens with two attached hydrogens (primary N) is 1. The number of nitrogens with zero attached hydrogens (tertiary/aromatic N) is 6. The molecule has 3 heterocycles. The van der Waals surface area contributed by atoms with Crippen LogP contribution in [0.3, 0.4) is 0 Å². The fourth-order valence-electron chi connectivity index (χ4n) is 3.44. The van der Waals surface area contributed by atoms with Crippen molar-refractivity contribution < 1.29 is 26.7 Å². The lowest BCUT2D eigenvalue weighted by molar-refractivity contribution is -0.130. The van der Waals surface area contributed by atoms with Gasteiger partial charge in [-0.1, -0.05) is 17.7 Å². The Bertz CT molecular complexity index is 1300. The maximum atomic E-state index is 14.5. The zero-order valence-electron chi connectivity index (χ0n) is 17.7. The Hall–Kier alpha value is -3.58. The molecule has 0 aliphatic heterocycles. The van der Waals surface area contributed by atoms with Crippen LogP contribution in [0, 0.1) is 5.82 Å². The molecule has 1 aromatic carbocycles. The molecule has 0 amide bonds. The third-order valence-electron chi connectivity index (χ3n) is 5.08. The van der Waals surface area contributed by atoms with Gasteiger partial charge >= 0.3 is 13.2 Å². The van der Waals surface area contributed by atoms with Crippen LogP contribution in [0.5, 0.6) is 0 Å². The van der Waals surface area contributed by atoms with Crippen molar-refractivity contribution in [3.63, 3.8) is 0 Å². The monoisotopic (exact) mass is 513 g/mol. The molecule has 2 N–H and O–H groups in total. The first kappa shape index (κ1) is 24.5. The number of hydrogen-bond acceptors (Lipinski definition) is 6. The van der Waals surface area contributed by atoms with E-state index in [1.807, 2.05) is 0 Å². The highest BCUT2D eigenvalue weighted by Crippen LogP contribution is 2.33. The van der Waals surface area contributed by atoms with Gasteiger partial charge < -0.3 is 10.5 Å². The summed E-state index contributed by atoms with van der Waals surface area (Å²) >= 11 is 5.86. The van der Waals surface area contributed by atoms with Gasteiger partial charge in [0, 0.05) is 34.8 Å². The number of hydrogen-bond donors (Lipinski definition) is 1. The second-order valence-corrected chi connectivity index (χ2v) is 7.68. The first-order chi connectivity index (χ1) is 16.7. The zero-order valence-corrected chi connectivity index (χ0v) is 18.5. The van der Waals surface area contributed by atoms with Crippen LogP contribution >= 0.6 is 11.6 Å². The minimum absolute atomic E-state index is 0.0508. The summed E-state index contributed by atoms with van der Waals surface area (Å²) in [4.78, 5) is 4.60. The van der Waals surface area contributed by atoms with Crippen LogP contribution in [0.4, 0.5) is 27.6 Å². The van der Waals surface area contributed by atoms with Gasteiger partial charge in [0.05, 0.1) is 35.8 Å². The molecule has 184 valence electrons. The van der Waals surface area contributed by atoms with Crippen LogP contribution in [0.2, 0.25) is 5.02 Å². The van der Waals surface area contributed by atoms with Crippen molar-refractivity contribution in [3.05, 3.63) is 65.6 Å². The smallest absolute Gasteiger partial charge is 0.348 e. The van der Waals surface area contributed by atoms with Gasteiger partial charge in [0.15, 0.2) is 5.82 Å². The summed E-state index contributed by atoms with van der Waals surface area (Å²) in [6.07, 6.45) is 5.45. The molecule has 0 saturated heterocycles. The quantitative estimate of drug-likeness (QED) is 0.244. The Morgan fingerprint density at radius 3 is 2.46 bits per heavy atom. The van der Waals surface area contributed by atoms with Crippen LogP contribution in [0.1, 0.15) is 24.7 Å². The fraction of sp³-hybridized carbons (Fsp3) is 0.238. The highest BCUT2D eigenvalue weighted by molar-refractivity contribution is 6.31. The zero-order chi connectivity index (χ0) is 25.1. The van der Waals surface area contributed by atoms with Crippen molar-refractivity contribution in [2.24, 2.45) is 0 Å². The first-order valence-corrected chi connectivity index (χ1v) is 10.5. The molecular weight excluding hydrogens is 497 g/mol. The number of alkyl halides is 4. The molecule has 1 unspecified atom stereocenters. The van der Waals surface area contributed by atoms with E-state index in [1.165, 1.54) is 35.4 Å². The Morgan fingerprint density at radius 2 is 1.80 bits per heavy atom. The standard InChI is InChI=1S/C21H17ClF5N7O/c22-13-2-3-14(28)18(19(13)23)11-1-4-15(29-7-11)17(5-6-35-21(26)27)33-10-12(8-30-33)16-9-31-34(32-16)20(24)25/h1-4,7-10,17,20-21H,5-6,28H2. The Labute approximate surface area is 200 Å². The molecular formula is C21H17ClF5N7O. The predicted molar refractivity (Wildman–Crippen MR) is 116 cm³/mol. The number of ether oxygens (including phenoxy) is 1. The molecule has 4 aromatic rings. The molecule has 0 saturated carbocycles. The number of pyridine rings is 1. The number of halogens is 6. The van der Waals surface area contributed by atoms with Crippen molar-refractivity contribution >= 4 is 17.3 Å². The second-order valence-electron chi connectivity index (χ2n) is 7.27. The van der Waals surface area contributed by atoms with E-state index in [-0.39, 0.29) is 39.8 Å². The van der Waals surface area contributed by atoms with Gasteiger partial charge in [-0.3, -0.25) is 9.67 Å². The SMILES string of the molecule is Nc1ccc(Cl)c(F)c1-c1ccc(C(CCOC(F)F)n2cc(-c3cnn(C(F)F)n3)cn2)nc1. The lowest BCUT2D eigenvalue weighted by Gasteiger charge is -2.18. The number of benzene rings is 1. The third kappa shape index (κ3) is 5.41. The minimum Gasteiger partial charge on any atom is -0.398 e. The number of rotatable bonds is 9. The summed E-state index contributed by atoms with van der Waals surface area (Å²) in [6, 6.07) is 5.26. The van der Waals surface area contributed by atoms with Gasteiger partial charge in [-0.05, 0) is 24.6 Å². The van der Waals surface area contributed by atoms with Gasteiger partial charge in [-0.25, -0.2) is 4.39 Å². The number of anilines is 1. The number of nitrogen functional groups attached to an aromatic ring is 1. The van der Waals surface area contributed by atoms with Gasteiger partial charge in [0.25, 0.3) is 0 Å². The van der Waals surface area contributed by atoms with Crippen molar-refractivity contribution in [2.45, 2.75) is 25.6 Å². The van der Waals surface area contributed by atoms with Gasteiger partial charge in [0.2, 0.25) is 0 Å². The fourth-order valence-corrected chi connectivity index (χ4v) is 3.59. The van der Waals surface area contributed by atoms with Gasteiger partial charge in [-0.15, -0.1) is 9.90 Å². The Kier molecular flexibility index (Phi) is 7.26. The van der Waals surface area contributed by atoms with E-state index in [4.69, 9.17) is 17.3 Å². The highest BCUT2D eigenvalue weighted by atomic mass is 35.5. The van der Waals surface area contributed by atoms with E-state index >= 15 is 0 Å². The summed E-state index contributed by atoms with van der Waals surface area (Å²) in [5.74, 6) is -0.698. The average molecular weight is 514 g/mol. The van der Waals surface area contributed by atoms with Crippen LogP contribution in [-0.2, 0) is 4.74 Å². The van der Waals surface area contributed by atoms with E-state index in [2.05, 4.69) is 25.0 Å². The van der Waals surface area contributed by atoms with Crippen LogP contribution in [-0.4, -0.2) is 43.0 Å². The summed E-state index contributed by atoms with van der Waals surface area (Å²) < 4.78 is 71.0. The molecule has 0 aliphatic rings. The van der Waals surface area contributed by atoms with E-state index in [1.54, 1.807) is 12.1 Å². The summed E-state index contributed by atoms with van der Waals surface area (Å²) in [7, 11) is 0. The summed E-state index contributed by atoms with van der Waals surface area (Å²) in [5, 5.41) is 11.3. The molecule has 14 heteroatoms. The molecule has 0 radical (unpaired) electrons. The molecule has 3 aromatic heterocycles. The largest absolute Gasteiger partial charge is 0.398 e. The van der Waals surface area contributed by atoms with E-state index < -0.39 is 25.0 Å². The van der Waals surface area contributed by atoms with Gasteiger partial charge in [0.1, 0.15) is 5.69 Å². The maximum absolute atomic E-state index is 14.5. The molecule has 0 spiro atoms. The molecule has 4 rings (SSSR count). The lowest BCUT2D eigenvalue weighted by atomic mass is 10.0. The maximum Gasteiger partial charge on any atom is 0.348 e. The first-order valence-electron chi connectivity index (χ1n) is 10.1. The average Bonchev–Trinajstić information content (AvgIpc) is 3.50. The third-order valence-corrected chi connectivity index (χ3v) is 5.37. The predicted octanol–water partition coefficient (Wildman–Crippen LogP) is 5.19. The van der Waals surface area contributed by atoms with Crippen LogP contribution in [0.25, 0.3) is 22.4 Å². The highest BCUT2D eigenvalue weighted by Gasteiger charge is 2.21. The summed E-state index contributed by atoms with van der Waals surface area (Å²) in [5.41, 5.74) is 7.43. The van der Waals surface area contributed by atoms with E-state index in [0.29, 0.717) is 16.8 Å². The van der Waals surface area contributed by atoms with Crippen LogP contribution < -0.4 is 5.73 Å². The second kappa shape index (κ2) is 10.4. The number of aromatic nitrogens is 6. The van der Waals surface area contributed by atoms with Gasteiger partial charge in [-0.2, -0.15) is 27.8 Å². The Morgan fingerprint density at radius 1 is 1.00 bits per heavy atom. The molecule has 1 atom stereocenters. The van der Waals surface area contributed by atoms with E-state index in [9.17, 15) is 22.0 Å². The van der Waals surface area contributed by atoms with Crippen molar-refractivity contribution in [3.8, 4) is 22.4 Å². The normalized spacial score (nSPS) is 12.6. The molecule has 0 aliphatic carbocycles. The minimum atomic E-state index is -2.96. The molecule has 0 fully saturated rings. The molecule has 8 nitrogen and oxygen atoms in total. The van der Waals surface area contributed by atoms with Crippen molar-refractivity contribution in [1.29, 1.82) is 0 Å². The van der Waals surface area contributed by atoms with E-state index in [0.717, 1.165) is 6.20 Å². The van der Waals surface area contributed by atoms with Crippen molar-refractivity contribution in [2.75, 3.05) is 12.3 Å². The molecule has 0 bridgehead atoms. The van der Waals surface area contributed by atoms with Crippen LogP contribution in [0.15, 0.2) is 49.1 Å². The Balaban J connectivity index is 1.64. The summed E-state index contributed by atoms with van der Waals surface area (Å²) in [6.45, 7) is -6.19.